The average molecular weight is 260 g/mol. The van der Waals surface area contributed by atoms with E-state index in [1.54, 1.807) is 0 Å². The highest BCUT2D eigenvalue weighted by Crippen LogP contribution is 2.26. The molecule has 98 valence electrons. The summed E-state index contributed by atoms with van der Waals surface area (Å²) in [5.41, 5.74) is 4.86. The Bertz CT molecular complexity index is 402. The Labute approximate surface area is 112 Å². The molecule has 0 N–H and O–H groups in total. The van der Waals surface area contributed by atoms with E-state index in [0.29, 0.717) is 0 Å². The van der Waals surface area contributed by atoms with E-state index in [-0.39, 0.29) is 6.10 Å². The molecule has 0 saturated carbocycles. The molecule has 0 spiro atoms. The molecule has 0 radical (unpaired) electrons. The van der Waals surface area contributed by atoms with E-state index >= 15 is 0 Å². The summed E-state index contributed by atoms with van der Waals surface area (Å²) in [5.74, 6) is 0. The molecule has 0 amide bonds. The number of allylic oxidation sites excluding steroid dienone is 1. The third-order valence-corrected chi connectivity index (χ3v) is 4.80. The first-order valence-corrected chi connectivity index (χ1v) is 9.43. The lowest BCUT2D eigenvalue weighted by Crippen LogP contribution is -2.30. The fourth-order valence-corrected chi connectivity index (χ4v) is 4.59. The van der Waals surface area contributed by atoms with Crippen LogP contribution in [0.25, 0.3) is 0 Å². The van der Waals surface area contributed by atoms with Gasteiger partial charge in [0.1, 0.15) is 0 Å². The molecular formula is C16H24OSi. The zero-order valence-electron chi connectivity index (χ0n) is 11.9. The molecule has 0 heterocycles. The Kier molecular flexibility index (Phi) is 5.57. The van der Waals surface area contributed by atoms with Crippen LogP contribution in [0.1, 0.15) is 31.9 Å². The lowest BCUT2D eigenvalue weighted by molar-refractivity contribution is 0.204. The molecular weight excluding hydrogens is 236 g/mol. The fourth-order valence-electron chi connectivity index (χ4n) is 2.17. The van der Waals surface area contributed by atoms with E-state index < -0.39 is 8.32 Å². The maximum absolute atomic E-state index is 6.37. The van der Waals surface area contributed by atoms with Crippen LogP contribution in [0.15, 0.2) is 54.3 Å². The standard InChI is InChI=1S/C16H24OSi/c1-6-10-16(15-11-8-7-9-12-15)17-18(4,5)13-14(2)3/h6-9,11-13,16H,1,10H2,2-5H3. The molecule has 1 unspecified atom stereocenters. The Morgan fingerprint density at radius 3 is 2.39 bits per heavy atom. The van der Waals surface area contributed by atoms with Gasteiger partial charge in [-0.1, -0.05) is 47.7 Å². The lowest BCUT2D eigenvalue weighted by Gasteiger charge is -2.27. The molecule has 0 aliphatic carbocycles. The van der Waals surface area contributed by atoms with Crippen molar-refractivity contribution in [2.45, 2.75) is 39.5 Å². The molecule has 18 heavy (non-hydrogen) atoms. The van der Waals surface area contributed by atoms with Crippen LogP contribution < -0.4 is 0 Å². The molecule has 0 saturated heterocycles. The largest absolute Gasteiger partial charge is 0.406 e. The minimum Gasteiger partial charge on any atom is -0.406 e. The normalized spacial score (nSPS) is 12.9. The van der Waals surface area contributed by atoms with Gasteiger partial charge in [0.2, 0.25) is 8.32 Å². The molecule has 2 heteroatoms. The van der Waals surface area contributed by atoms with Gasteiger partial charge in [0.25, 0.3) is 0 Å². The van der Waals surface area contributed by atoms with Crippen molar-refractivity contribution in [3.63, 3.8) is 0 Å². The molecule has 1 aromatic rings. The van der Waals surface area contributed by atoms with Gasteiger partial charge in [-0.25, -0.2) is 0 Å². The second-order valence-corrected chi connectivity index (χ2v) is 9.10. The van der Waals surface area contributed by atoms with Crippen molar-refractivity contribution in [1.29, 1.82) is 0 Å². The average Bonchev–Trinajstić information content (AvgIpc) is 2.27. The van der Waals surface area contributed by atoms with Crippen molar-refractivity contribution in [3.8, 4) is 0 Å². The van der Waals surface area contributed by atoms with Gasteiger partial charge in [-0.3, -0.25) is 0 Å². The van der Waals surface area contributed by atoms with E-state index in [0.717, 1.165) is 6.42 Å². The number of hydrogen-bond donors (Lipinski definition) is 0. The van der Waals surface area contributed by atoms with Crippen molar-refractivity contribution < 1.29 is 4.43 Å². The third kappa shape index (κ3) is 5.03. The van der Waals surface area contributed by atoms with Gasteiger partial charge in [-0.05, 0) is 38.9 Å². The van der Waals surface area contributed by atoms with E-state index in [2.05, 4.69) is 63.5 Å². The van der Waals surface area contributed by atoms with Crippen LogP contribution >= 0.6 is 0 Å². The second-order valence-electron chi connectivity index (χ2n) is 5.37. The summed E-state index contributed by atoms with van der Waals surface area (Å²) in [7, 11) is -1.76. The van der Waals surface area contributed by atoms with Crippen LogP contribution in [0.2, 0.25) is 13.1 Å². The maximum atomic E-state index is 6.37. The summed E-state index contributed by atoms with van der Waals surface area (Å²) < 4.78 is 6.37. The Balaban J connectivity index is 2.88. The maximum Gasteiger partial charge on any atom is 0.211 e. The van der Waals surface area contributed by atoms with E-state index in [9.17, 15) is 0 Å². The van der Waals surface area contributed by atoms with Gasteiger partial charge in [0.05, 0.1) is 6.10 Å². The zero-order chi connectivity index (χ0) is 13.6. The zero-order valence-corrected chi connectivity index (χ0v) is 12.9. The Hall–Kier alpha value is -1.12. The molecule has 0 bridgehead atoms. The first kappa shape index (κ1) is 14.9. The predicted octanol–water partition coefficient (Wildman–Crippen LogP) is 5.03. The first-order chi connectivity index (χ1) is 8.44. The first-order valence-electron chi connectivity index (χ1n) is 6.44. The van der Waals surface area contributed by atoms with Crippen LogP contribution in [0.3, 0.4) is 0 Å². The van der Waals surface area contributed by atoms with Gasteiger partial charge >= 0.3 is 0 Å². The van der Waals surface area contributed by atoms with Crippen molar-refractivity contribution in [2.75, 3.05) is 0 Å². The van der Waals surface area contributed by atoms with Gasteiger partial charge < -0.3 is 4.43 Å². The summed E-state index contributed by atoms with van der Waals surface area (Å²) in [6.07, 6.45) is 2.92. The van der Waals surface area contributed by atoms with Crippen LogP contribution in [-0.4, -0.2) is 8.32 Å². The monoisotopic (exact) mass is 260 g/mol. The van der Waals surface area contributed by atoms with E-state index in [1.165, 1.54) is 11.1 Å². The van der Waals surface area contributed by atoms with Crippen molar-refractivity contribution in [2.24, 2.45) is 0 Å². The van der Waals surface area contributed by atoms with Gasteiger partial charge in [0.15, 0.2) is 0 Å². The molecule has 1 nitrogen and oxygen atoms in total. The molecule has 0 aliphatic rings. The number of benzene rings is 1. The summed E-state index contributed by atoms with van der Waals surface area (Å²) in [6.45, 7) is 12.6. The quantitative estimate of drug-likeness (QED) is 0.515. The Morgan fingerprint density at radius 2 is 1.89 bits per heavy atom. The van der Waals surface area contributed by atoms with E-state index in [1.807, 2.05) is 12.1 Å². The number of rotatable bonds is 6. The van der Waals surface area contributed by atoms with Crippen LogP contribution in [0.4, 0.5) is 0 Å². The van der Waals surface area contributed by atoms with Crippen LogP contribution in [-0.2, 0) is 4.43 Å². The molecule has 1 aromatic carbocycles. The minimum absolute atomic E-state index is 0.126. The highest BCUT2D eigenvalue weighted by Gasteiger charge is 2.24. The SMILES string of the molecule is C=CCC(O[Si](C)(C)C=C(C)C)c1ccccc1. The van der Waals surface area contributed by atoms with Gasteiger partial charge in [-0.15, -0.1) is 6.58 Å². The van der Waals surface area contributed by atoms with Crippen LogP contribution in [0, 0.1) is 0 Å². The smallest absolute Gasteiger partial charge is 0.211 e. The van der Waals surface area contributed by atoms with Crippen molar-refractivity contribution >= 4 is 8.32 Å². The summed E-state index contributed by atoms with van der Waals surface area (Å²) in [6, 6.07) is 10.4. The fraction of sp³-hybridized carbons (Fsp3) is 0.375. The molecule has 0 aromatic heterocycles. The van der Waals surface area contributed by atoms with Crippen LogP contribution in [0.5, 0.6) is 0 Å². The van der Waals surface area contributed by atoms with Gasteiger partial charge in [-0.2, -0.15) is 0 Å². The minimum atomic E-state index is -1.76. The molecule has 1 atom stereocenters. The third-order valence-electron chi connectivity index (χ3n) is 2.63. The lowest BCUT2D eigenvalue weighted by atomic mass is 10.1. The molecule has 0 fully saturated rings. The Morgan fingerprint density at radius 1 is 1.28 bits per heavy atom. The summed E-state index contributed by atoms with van der Waals surface area (Å²) in [4.78, 5) is 0. The highest BCUT2D eigenvalue weighted by molar-refractivity contribution is 6.76. The number of hydrogen-bond acceptors (Lipinski definition) is 1. The predicted molar refractivity (Wildman–Crippen MR) is 82.0 cm³/mol. The second kappa shape index (κ2) is 6.71. The molecule has 1 rings (SSSR count). The van der Waals surface area contributed by atoms with E-state index in [4.69, 9.17) is 4.43 Å². The van der Waals surface area contributed by atoms with Crippen molar-refractivity contribution in [1.82, 2.24) is 0 Å². The summed E-state index contributed by atoms with van der Waals surface area (Å²) >= 11 is 0. The molecule has 0 aliphatic heterocycles. The topological polar surface area (TPSA) is 9.23 Å². The highest BCUT2D eigenvalue weighted by atomic mass is 28.4. The van der Waals surface area contributed by atoms with Crippen molar-refractivity contribution in [3.05, 3.63) is 59.8 Å². The van der Waals surface area contributed by atoms with Gasteiger partial charge in [0, 0.05) is 0 Å². The summed E-state index contributed by atoms with van der Waals surface area (Å²) in [5, 5.41) is 0.